The number of allylic oxidation sites excluding steroid dienone is 1. The van der Waals surface area contributed by atoms with Gasteiger partial charge in [-0.25, -0.2) is 21.6 Å². The Kier molecular flexibility index (Phi) is 15.8. The predicted molar refractivity (Wildman–Crippen MR) is 243 cm³/mol. The molecule has 0 spiro atoms. The lowest BCUT2D eigenvalue weighted by Crippen LogP contribution is -2.47. The Morgan fingerprint density at radius 3 is 2.18 bits per heavy atom. The smallest absolute Gasteiger partial charge is 0.380 e. The number of amides is 1. The molecule has 334 valence electrons. The van der Waals surface area contributed by atoms with E-state index in [0.29, 0.717) is 24.8 Å². The van der Waals surface area contributed by atoms with E-state index in [1.807, 2.05) is 68.1 Å². The molecule has 0 saturated carbocycles. The number of hydrogen-bond donors (Lipinski definition) is 2. The Bertz CT molecular complexity index is 2410. The van der Waals surface area contributed by atoms with Crippen molar-refractivity contribution in [3.8, 4) is 0 Å². The molecule has 0 aromatic heterocycles. The summed E-state index contributed by atoms with van der Waals surface area (Å²) in [6.07, 6.45) is 4.90. The number of rotatable bonds is 17. The minimum atomic E-state index is -6.04. The Morgan fingerprint density at radius 1 is 0.871 bits per heavy atom. The van der Waals surface area contributed by atoms with Crippen molar-refractivity contribution < 1.29 is 34.8 Å². The third-order valence-corrected chi connectivity index (χ3v) is 15.7. The van der Waals surface area contributed by atoms with Crippen LogP contribution in [0.15, 0.2) is 117 Å². The average Bonchev–Trinajstić information content (AvgIpc) is 3.25. The zero-order valence-corrected chi connectivity index (χ0v) is 38.2. The van der Waals surface area contributed by atoms with E-state index in [4.69, 9.17) is 11.6 Å². The van der Waals surface area contributed by atoms with Crippen LogP contribution >= 0.6 is 23.4 Å². The Labute approximate surface area is 372 Å². The Hall–Kier alpha value is -4.06. The molecule has 0 unspecified atom stereocenters. The van der Waals surface area contributed by atoms with Crippen molar-refractivity contribution in [3.05, 3.63) is 119 Å². The van der Waals surface area contributed by atoms with Crippen molar-refractivity contribution in [3.63, 3.8) is 0 Å². The topological polar surface area (TPSA) is 119 Å². The molecular formula is C45H53ClF3N5O5S3. The summed E-state index contributed by atoms with van der Waals surface area (Å²) < 4.78 is 97.3. The predicted octanol–water partition coefficient (Wildman–Crippen LogP) is 9.21. The summed E-state index contributed by atoms with van der Waals surface area (Å²) in [5.74, 6) is -0.647. The number of halogens is 4. The van der Waals surface area contributed by atoms with Gasteiger partial charge in [0.05, 0.1) is 10.6 Å². The van der Waals surface area contributed by atoms with Crippen LogP contribution in [-0.2, 0) is 19.9 Å². The number of carbonyl (C=O) groups excluding carboxylic acids is 1. The summed E-state index contributed by atoms with van der Waals surface area (Å²) in [6.45, 7) is 8.61. The van der Waals surface area contributed by atoms with Gasteiger partial charge in [0, 0.05) is 78.3 Å². The van der Waals surface area contributed by atoms with Gasteiger partial charge >= 0.3 is 5.51 Å². The Morgan fingerprint density at radius 2 is 1.53 bits per heavy atom. The molecule has 4 aromatic carbocycles. The summed E-state index contributed by atoms with van der Waals surface area (Å²) >= 11 is 7.59. The van der Waals surface area contributed by atoms with Gasteiger partial charge in [0.25, 0.3) is 25.8 Å². The zero-order chi connectivity index (χ0) is 44.7. The molecule has 1 amide bonds. The first kappa shape index (κ1) is 47.4. The number of nitrogens with zero attached hydrogens (tertiary/aromatic N) is 3. The minimum absolute atomic E-state index is 0.00136. The molecule has 1 aliphatic heterocycles. The van der Waals surface area contributed by atoms with E-state index < -0.39 is 52.8 Å². The van der Waals surface area contributed by atoms with Crippen molar-refractivity contribution in [1.82, 2.24) is 14.5 Å². The van der Waals surface area contributed by atoms with Gasteiger partial charge in [-0.2, -0.15) is 13.2 Å². The minimum Gasteiger partial charge on any atom is -0.380 e. The quantitative estimate of drug-likeness (QED) is 0.0993. The fraction of sp³-hybridized carbons (Fsp3) is 0.400. The van der Waals surface area contributed by atoms with Crippen LogP contribution in [0.5, 0.6) is 0 Å². The van der Waals surface area contributed by atoms with Crippen LogP contribution in [0.3, 0.4) is 0 Å². The highest BCUT2D eigenvalue weighted by Crippen LogP contribution is 2.37. The second kappa shape index (κ2) is 20.6. The normalized spacial score (nSPS) is 16.2. The molecule has 17 heteroatoms. The zero-order valence-electron chi connectivity index (χ0n) is 35.0. The van der Waals surface area contributed by atoms with Crippen molar-refractivity contribution in [2.45, 2.75) is 78.2 Å². The third kappa shape index (κ3) is 12.1. The number of thioether (sulfide) groups is 1. The molecule has 1 heterocycles. The van der Waals surface area contributed by atoms with Gasteiger partial charge in [0.1, 0.15) is 4.90 Å². The number of hydrogen-bond acceptors (Lipinski definition) is 10. The van der Waals surface area contributed by atoms with Crippen molar-refractivity contribution in [2.24, 2.45) is 0 Å². The van der Waals surface area contributed by atoms with Gasteiger partial charge in [-0.3, -0.25) is 9.69 Å². The van der Waals surface area contributed by atoms with Crippen LogP contribution in [0.4, 0.5) is 24.5 Å². The van der Waals surface area contributed by atoms with E-state index in [9.17, 15) is 34.8 Å². The SMILES string of the molecule is CC(C)N(C)CC[C@H](CSc1ccccc1)Nc1ccc(S(=O)(=O)NC(=O)c2ccc(N3CCN(CC4=C(c5ccc(Cl)cc5)CCCC4)CC3)cc2)cc1S(=O)(=O)C(F)(F)F. The maximum absolute atomic E-state index is 14.1. The first-order valence-corrected chi connectivity index (χ1v) is 25.0. The lowest BCUT2D eigenvalue weighted by atomic mass is 9.87. The number of anilines is 2. The van der Waals surface area contributed by atoms with E-state index in [2.05, 4.69) is 32.1 Å². The number of sulfone groups is 1. The van der Waals surface area contributed by atoms with E-state index in [1.54, 1.807) is 12.1 Å². The fourth-order valence-corrected chi connectivity index (χ4v) is 10.7. The van der Waals surface area contributed by atoms with Crippen molar-refractivity contribution in [1.29, 1.82) is 0 Å². The largest absolute Gasteiger partial charge is 0.501 e. The molecule has 1 aliphatic carbocycles. The lowest BCUT2D eigenvalue weighted by molar-refractivity contribution is -0.0435. The van der Waals surface area contributed by atoms with Gasteiger partial charge in [-0.1, -0.05) is 47.5 Å². The molecule has 0 bridgehead atoms. The second-order valence-electron chi connectivity index (χ2n) is 16.0. The molecule has 1 fully saturated rings. The van der Waals surface area contributed by atoms with E-state index >= 15 is 0 Å². The van der Waals surface area contributed by atoms with Crippen molar-refractivity contribution in [2.75, 3.05) is 62.3 Å². The summed E-state index contributed by atoms with van der Waals surface area (Å²) in [5.41, 5.74) is -1.18. The third-order valence-electron chi connectivity index (χ3n) is 11.4. The molecule has 2 N–H and O–H groups in total. The van der Waals surface area contributed by atoms with Gasteiger partial charge in [0.15, 0.2) is 0 Å². The number of alkyl halides is 3. The maximum Gasteiger partial charge on any atom is 0.501 e. The standard InChI is InChI=1S/C45H53ClF3N5O5S3/c1-32(2)52(3)24-23-37(31-60-39-10-5-4-6-11-39)50-42-22-21-40(29-43(42)61(56,57)45(47,48)49)62(58,59)51-44(55)34-15-19-38(20-16-34)54-27-25-53(26-28-54)30-35-9-7-8-12-41(35)33-13-17-36(46)18-14-33/h4-6,10-11,13-22,29,32,37,50H,7-9,12,23-28,30-31H2,1-3H3,(H,51,55)/t37-/m1/s1. The van der Waals surface area contributed by atoms with Gasteiger partial charge in [-0.15, -0.1) is 11.8 Å². The lowest BCUT2D eigenvalue weighted by Gasteiger charge is -2.37. The molecule has 10 nitrogen and oxygen atoms in total. The van der Waals surface area contributed by atoms with E-state index in [0.717, 1.165) is 73.3 Å². The number of carbonyl (C=O) groups is 1. The molecule has 1 saturated heterocycles. The van der Waals surface area contributed by atoms with Crippen LogP contribution in [0.25, 0.3) is 5.57 Å². The molecule has 0 radical (unpaired) electrons. The summed E-state index contributed by atoms with van der Waals surface area (Å²) in [4.78, 5) is 18.8. The van der Waals surface area contributed by atoms with Gasteiger partial charge in [0.2, 0.25) is 0 Å². The van der Waals surface area contributed by atoms with Crippen molar-refractivity contribution >= 4 is 66.1 Å². The van der Waals surface area contributed by atoms with Gasteiger partial charge in [-0.05, 0) is 131 Å². The first-order valence-electron chi connectivity index (χ1n) is 20.6. The van der Waals surface area contributed by atoms with Crippen LogP contribution in [0.1, 0.15) is 61.9 Å². The molecule has 62 heavy (non-hydrogen) atoms. The first-order chi connectivity index (χ1) is 29.4. The van der Waals surface area contributed by atoms with E-state index in [-0.39, 0.29) is 11.6 Å². The fourth-order valence-electron chi connectivity index (χ4n) is 7.52. The highest BCUT2D eigenvalue weighted by molar-refractivity contribution is 7.99. The van der Waals surface area contributed by atoms with E-state index in [1.165, 1.54) is 53.4 Å². The molecular weight excluding hydrogens is 879 g/mol. The molecule has 6 rings (SSSR count). The monoisotopic (exact) mass is 931 g/mol. The number of sulfonamides is 1. The summed E-state index contributed by atoms with van der Waals surface area (Å²) in [6, 6.07) is 25.9. The average molecular weight is 933 g/mol. The van der Waals surface area contributed by atoms with Crippen LogP contribution in [0, 0.1) is 0 Å². The summed E-state index contributed by atoms with van der Waals surface area (Å²) in [7, 11) is -8.96. The molecule has 1 atom stereocenters. The maximum atomic E-state index is 14.1. The van der Waals surface area contributed by atoms with Crippen LogP contribution in [-0.4, -0.2) is 102 Å². The highest BCUT2D eigenvalue weighted by atomic mass is 35.5. The van der Waals surface area contributed by atoms with Gasteiger partial charge < -0.3 is 15.1 Å². The van der Waals surface area contributed by atoms with Crippen LogP contribution < -0.4 is 14.9 Å². The second-order valence-corrected chi connectivity index (χ2v) is 21.1. The molecule has 4 aromatic rings. The molecule has 2 aliphatic rings. The highest BCUT2D eigenvalue weighted by Gasteiger charge is 2.48. The number of nitrogens with one attached hydrogen (secondary N) is 2. The summed E-state index contributed by atoms with van der Waals surface area (Å²) in [5, 5.41) is 3.70. The van der Waals surface area contributed by atoms with Crippen LogP contribution in [0.2, 0.25) is 5.02 Å². The Balaban J connectivity index is 1.13. The number of piperazine rings is 1. The number of benzene rings is 4.